The molecule has 0 aliphatic carbocycles. The van der Waals surface area contributed by atoms with Gasteiger partial charge in [0.2, 0.25) is 11.7 Å². The Morgan fingerprint density at radius 2 is 1.75 bits per heavy atom. The summed E-state index contributed by atoms with van der Waals surface area (Å²) >= 11 is 0. The van der Waals surface area contributed by atoms with Gasteiger partial charge in [0.05, 0.1) is 13.2 Å². The Kier molecular flexibility index (Phi) is 8.49. The van der Waals surface area contributed by atoms with E-state index in [2.05, 4.69) is 22.0 Å². The van der Waals surface area contributed by atoms with Crippen LogP contribution < -0.4 is 0 Å². The number of hydrogen-bond donors (Lipinski definition) is 1. The number of rotatable bonds is 12. The van der Waals surface area contributed by atoms with Gasteiger partial charge in [-0.05, 0) is 13.0 Å². The minimum atomic E-state index is 0.148. The molecule has 1 aromatic heterocycles. The molecule has 0 atom stereocenters. The number of unbranched alkanes of at least 4 members (excludes halogenated alkanes) is 5. The average Bonchev–Trinajstić information content (AvgIpc) is 3.07. The fraction of sp³-hybridized carbons (Fsp3) is 0.579. The number of benzene rings is 1. The van der Waals surface area contributed by atoms with E-state index in [0.29, 0.717) is 24.8 Å². The molecule has 0 radical (unpaired) electrons. The van der Waals surface area contributed by atoms with Gasteiger partial charge in [0.1, 0.15) is 0 Å². The van der Waals surface area contributed by atoms with E-state index >= 15 is 0 Å². The fourth-order valence-corrected chi connectivity index (χ4v) is 2.74. The quantitative estimate of drug-likeness (QED) is 0.598. The first-order valence-electron chi connectivity index (χ1n) is 9.04. The first-order chi connectivity index (χ1) is 11.8. The molecule has 132 valence electrons. The van der Waals surface area contributed by atoms with Crippen molar-refractivity contribution in [1.82, 2.24) is 15.0 Å². The van der Waals surface area contributed by atoms with Crippen LogP contribution in [0.25, 0.3) is 11.4 Å². The van der Waals surface area contributed by atoms with Gasteiger partial charge in [0, 0.05) is 12.1 Å². The molecule has 0 fully saturated rings. The third-order valence-electron chi connectivity index (χ3n) is 4.10. The van der Waals surface area contributed by atoms with Crippen molar-refractivity contribution in [1.29, 1.82) is 0 Å². The Labute approximate surface area is 144 Å². The maximum atomic E-state index is 9.26. The molecule has 0 unspecified atom stereocenters. The van der Waals surface area contributed by atoms with Crippen molar-refractivity contribution in [3.63, 3.8) is 0 Å². The largest absolute Gasteiger partial charge is 0.395 e. The predicted octanol–water partition coefficient (Wildman–Crippen LogP) is 3.89. The maximum Gasteiger partial charge on any atom is 0.241 e. The highest BCUT2D eigenvalue weighted by molar-refractivity contribution is 5.53. The van der Waals surface area contributed by atoms with Gasteiger partial charge in [-0.2, -0.15) is 4.98 Å². The van der Waals surface area contributed by atoms with Gasteiger partial charge >= 0.3 is 0 Å². The molecule has 24 heavy (non-hydrogen) atoms. The smallest absolute Gasteiger partial charge is 0.241 e. The Morgan fingerprint density at radius 1 is 1.00 bits per heavy atom. The summed E-state index contributed by atoms with van der Waals surface area (Å²) in [5, 5.41) is 13.3. The number of aromatic nitrogens is 2. The van der Waals surface area contributed by atoms with E-state index < -0.39 is 0 Å². The fourth-order valence-electron chi connectivity index (χ4n) is 2.74. The van der Waals surface area contributed by atoms with Crippen LogP contribution in [0.4, 0.5) is 0 Å². The Balaban J connectivity index is 1.81. The normalized spacial score (nSPS) is 11.3. The lowest BCUT2D eigenvalue weighted by atomic mass is 10.1. The monoisotopic (exact) mass is 331 g/mol. The highest BCUT2D eigenvalue weighted by Crippen LogP contribution is 2.16. The molecule has 2 rings (SSSR count). The van der Waals surface area contributed by atoms with Crippen molar-refractivity contribution in [3.8, 4) is 11.4 Å². The summed E-state index contributed by atoms with van der Waals surface area (Å²) in [6.45, 7) is 4.57. The Bertz CT molecular complexity index is 557. The summed E-state index contributed by atoms with van der Waals surface area (Å²) in [6, 6.07) is 9.82. The lowest BCUT2D eigenvalue weighted by Gasteiger charge is -2.18. The molecule has 5 nitrogen and oxygen atoms in total. The van der Waals surface area contributed by atoms with Crippen LogP contribution in [0.1, 0.15) is 51.3 Å². The van der Waals surface area contributed by atoms with Crippen molar-refractivity contribution >= 4 is 0 Å². The highest BCUT2D eigenvalue weighted by Gasteiger charge is 2.12. The molecule has 0 saturated carbocycles. The van der Waals surface area contributed by atoms with Gasteiger partial charge in [-0.3, -0.25) is 4.90 Å². The second-order valence-electron chi connectivity index (χ2n) is 6.15. The van der Waals surface area contributed by atoms with E-state index in [1.807, 2.05) is 30.3 Å². The number of aliphatic hydroxyl groups is 1. The molecule has 0 amide bonds. The van der Waals surface area contributed by atoms with Crippen LogP contribution in [0, 0.1) is 0 Å². The first-order valence-corrected chi connectivity index (χ1v) is 9.04. The summed E-state index contributed by atoms with van der Waals surface area (Å²) < 4.78 is 5.37. The van der Waals surface area contributed by atoms with E-state index in [-0.39, 0.29) is 6.61 Å². The van der Waals surface area contributed by atoms with Gasteiger partial charge in [-0.25, -0.2) is 0 Å². The molecule has 0 aliphatic heterocycles. The molecule has 5 heteroatoms. The van der Waals surface area contributed by atoms with Crippen LogP contribution in [0.5, 0.6) is 0 Å². The summed E-state index contributed by atoms with van der Waals surface area (Å²) in [7, 11) is 0. The van der Waals surface area contributed by atoms with Gasteiger partial charge < -0.3 is 9.63 Å². The molecule has 1 aromatic carbocycles. The number of hydrogen-bond acceptors (Lipinski definition) is 5. The minimum absolute atomic E-state index is 0.148. The van der Waals surface area contributed by atoms with E-state index in [1.54, 1.807) is 0 Å². The molecule has 0 bridgehead atoms. The van der Waals surface area contributed by atoms with Crippen molar-refractivity contribution in [2.75, 3.05) is 19.7 Å². The van der Waals surface area contributed by atoms with Gasteiger partial charge in [0.25, 0.3) is 0 Å². The SMILES string of the molecule is CCCCCCCCN(CCO)Cc1nc(-c2ccccc2)no1. The average molecular weight is 331 g/mol. The van der Waals surface area contributed by atoms with E-state index in [4.69, 9.17) is 4.52 Å². The molecule has 2 aromatic rings. The van der Waals surface area contributed by atoms with Gasteiger partial charge in [-0.1, -0.05) is 74.5 Å². The molecular weight excluding hydrogens is 302 g/mol. The van der Waals surface area contributed by atoms with Crippen molar-refractivity contribution in [2.45, 2.75) is 52.0 Å². The number of nitrogens with zero attached hydrogens (tertiary/aromatic N) is 3. The molecular formula is C19H29N3O2. The lowest BCUT2D eigenvalue weighted by Crippen LogP contribution is -2.27. The van der Waals surface area contributed by atoms with Gasteiger partial charge in [0.15, 0.2) is 0 Å². The molecule has 0 spiro atoms. The van der Waals surface area contributed by atoms with Crippen LogP contribution in [0.3, 0.4) is 0 Å². The van der Waals surface area contributed by atoms with E-state index in [1.165, 1.54) is 32.1 Å². The van der Waals surface area contributed by atoms with Crippen molar-refractivity contribution < 1.29 is 9.63 Å². The third-order valence-corrected chi connectivity index (χ3v) is 4.10. The van der Waals surface area contributed by atoms with E-state index in [0.717, 1.165) is 18.5 Å². The topological polar surface area (TPSA) is 62.4 Å². The molecule has 1 heterocycles. The third kappa shape index (κ3) is 6.42. The Hall–Kier alpha value is -1.72. The van der Waals surface area contributed by atoms with Crippen LogP contribution in [0.15, 0.2) is 34.9 Å². The molecule has 0 aliphatic rings. The standard InChI is InChI=1S/C19H29N3O2/c1-2-3-4-5-6-10-13-22(14-15-23)16-18-20-19(21-24-18)17-11-8-7-9-12-17/h7-9,11-12,23H,2-6,10,13-16H2,1H3. The second kappa shape index (κ2) is 10.9. The predicted molar refractivity (Wildman–Crippen MR) is 95.5 cm³/mol. The van der Waals surface area contributed by atoms with Crippen LogP contribution in [-0.4, -0.2) is 39.8 Å². The number of aliphatic hydroxyl groups excluding tert-OH is 1. The van der Waals surface area contributed by atoms with Crippen LogP contribution in [0.2, 0.25) is 0 Å². The summed E-state index contributed by atoms with van der Waals surface area (Å²) in [5.41, 5.74) is 0.956. The van der Waals surface area contributed by atoms with E-state index in [9.17, 15) is 5.11 Å². The van der Waals surface area contributed by atoms with Gasteiger partial charge in [-0.15, -0.1) is 0 Å². The zero-order valence-corrected chi connectivity index (χ0v) is 14.7. The minimum Gasteiger partial charge on any atom is -0.395 e. The zero-order chi connectivity index (χ0) is 17.0. The summed E-state index contributed by atoms with van der Waals surface area (Å²) in [5.74, 6) is 1.22. The van der Waals surface area contributed by atoms with Crippen molar-refractivity contribution in [2.24, 2.45) is 0 Å². The van der Waals surface area contributed by atoms with Crippen LogP contribution in [-0.2, 0) is 6.54 Å². The summed E-state index contributed by atoms with van der Waals surface area (Å²) in [6.07, 6.45) is 7.59. The van der Waals surface area contributed by atoms with Crippen LogP contribution >= 0.6 is 0 Å². The Morgan fingerprint density at radius 3 is 2.50 bits per heavy atom. The zero-order valence-electron chi connectivity index (χ0n) is 14.7. The maximum absolute atomic E-state index is 9.26. The molecule has 1 N–H and O–H groups in total. The summed E-state index contributed by atoms with van der Waals surface area (Å²) in [4.78, 5) is 6.65. The second-order valence-corrected chi connectivity index (χ2v) is 6.15. The first kappa shape index (κ1) is 18.6. The highest BCUT2D eigenvalue weighted by atomic mass is 16.5. The lowest BCUT2D eigenvalue weighted by molar-refractivity contribution is 0.171. The molecule has 0 saturated heterocycles. The van der Waals surface area contributed by atoms with Crippen molar-refractivity contribution in [3.05, 3.63) is 36.2 Å².